The molecule has 0 aliphatic carbocycles. The number of hydrogen-bond acceptors (Lipinski definition) is 5. The van der Waals surface area contributed by atoms with Crippen molar-refractivity contribution in [3.63, 3.8) is 0 Å². The minimum atomic E-state index is -0.219. The van der Waals surface area contributed by atoms with E-state index in [9.17, 15) is 4.79 Å². The Balaban J connectivity index is 2.46. The van der Waals surface area contributed by atoms with Gasteiger partial charge in [-0.1, -0.05) is 13.8 Å². The number of nitrogens with zero attached hydrogens (tertiary/aromatic N) is 1. The molecule has 5 nitrogen and oxygen atoms in total. The number of morpholine rings is 1. The van der Waals surface area contributed by atoms with Gasteiger partial charge < -0.3 is 14.8 Å². The second-order valence-corrected chi connectivity index (χ2v) is 5.93. The van der Waals surface area contributed by atoms with Crippen LogP contribution in [0.4, 0.5) is 0 Å². The molecule has 0 aromatic rings. The van der Waals surface area contributed by atoms with E-state index in [2.05, 4.69) is 24.1 Å². The first-order valence-corrected chi connectivity index (χ1v) is 7.72. The van der Waals surface area contributed by atoms with Crippen molar-refractivity contribution in [2.75, 3.05) is 26.2 Å². The van der Waals surface area contributed by atoms with Gasteiger partial charge in [0, 0.05) is 25.7 Å². The molecule has 1 aliphatic heterocycles. The smallest absolute Gasteiger partial charge is 0.323 e. The first-order chi connectivity index (χ1) is 9.42. The van der Waals surface area contributed by atoms with Crippen LogP contribution in [0.2, 0.25) is 0 Å². The molecule has 118 valence electrons. The van der Waals surface area contributed by atoms with Gasteiger partial charge >= 0.3 is 5.97 Å². The predicted molar refractivity (Wildman–Crippen MR) is 79.8 cm³/mol. The van der Waals surface area contributed by atoms with Crippen LogP contribution >= 0.6 is 0 Å². The molecule has 1 saturated heterocycles. The van der Waals surface area contributed by atoms with Crippen molar-refractivity contribution >= 4 is 5.97 Å². The Bertz CT molecular complexity index is 287. The number of carbonyl (C=O) groups is 1. The topological polar surface area (TPSA) is 50.8 Å². The van der Waals surface area contributed by atoms with Crippen LogP contribution in [-0.4, -0.2) is 61.4 Å². The lowest BCUT2D eigenvalue weighted by Crippen LogP contribution is -2.48. The Morgan fingerprint density at radius 3 is 2.45 bits per heavy atom. The van der Waals surface area contributed by atoms with Gasteiger partial charge in [-0.05, 0) is 27.2 Å². The lowest BCUT2D eigenvalue weighted by atomic mass is 10.1. The first-order valence-electron chi connectivity index (χ1n) is 7.72. The van der Waals surface area contributed by atoms with Gasteiger partial charge in [-0.3, -0.25) is 9.69 Å². The third-order valence-corrected chi connectivity index (χ3v) is 3.33. The van der Waals surface area contributed by atoms with E-state index in [4.69, 9.17) is 9.47 Å². The number of rotatable bonds is 7. The molecule has 1 unspecified atom stereocenters. The number of hydrogen-bond donors (Lipinski definition) is 1. The van der Waals surface area contributed by atoms with E-state index in [0.29, 0.717) is 6.61 Å². The molecule has 0 bridgehead atoms. The molecule has 1 aliphatic rings. The largest absolute Gasteiger partial charge is 0.465 e. The molecule has 1 rings (SSSR count). The zero-order valence-electron chi connectivity index (χ0n) is 13.5. The fraction of sp³-hybridized carbons (Fsp3) is 0.933. The van der Waals surface area contributed by atoms with Crippen molar-refractivity contribution in [1.82, 2.24) is 10.2 Å². The standard InChI is InChI=1S/C15H30N2O3/c1-6-19-15(18)14(16-11(2)3)7-8-17-9-12(4)20-13(5)10-17/h11-14,16H,6-10H2,1-5H3/t12-,13+,14?. The second kappa shape index (κ2) is 8.60. The molecule has 3 atom stereocenters. The summed E-state index contributed by atoms with van der Waals surface area (Å²) >= 11 is 0. The average molecular weight is 286 g/mol. The SMILES string of the molecule is CCOC(=O)C(CCN1C[C@@H](C)O[C@@H](C)C1)NC(C)C. The molecule has 0 amide bonds. The third-order valence-electron chi connectivity index (χ3n) is 3.33. The van der Waals surface area contributed by atoms with E-state index in [1.54, 1.807) is 0 Å². The third kappa shape index (κ3) is 6.20. The zero-order valence-corrected chi connectivity index (χ0v) is 13.5. The Morgan fingerprint density at radius 1 is 1.35 bits per heavy atom. The maximum Gasteiger partial charge on any atom is 0.323 e. The first kappa shape index (κ1) is 17.4. The maximum absolute atomic E-state index is 12.0. The van der Waals surface area contributed by atoms with Gasteiger partial charge in [-0.25, -0.2) is 0 Å². The fourth-order valence-electron chi connectivity index (χ4n) is 2.69. The summed E-state index contributed by atoms with van der Waals surface area (Å²) in [5.41, 5.74) is 0. The van der Waals surface area contributed by atoms with Crippen molar-refractivity contribution < 1.29 is 14.3 Å². The van der Waals surface area contributed by atoms with Crippen LogP contribution < -0.4 is 5.32 Å². The van der Waals surface area contributed by atoms with Crippen molar-refractivity contribution in [1.29, 1.82) is 0 Å². The number of esters is 1. The summed E-state index contributed by atoms with van der Waals surface area (Å²) in [5, 5.41) is 3.29. The molecule has 20 heavy (non-hydrogen) atoms. The van der Waals surface area contributed by atoms with Crippen LogP contribution in [-0.2, 0) is 14.3 Å². The minimum absolute atomic E-state index is 0.143. The lowest BCUT2D eigenvalue weighted by Gasteiger charge is -2.36. The Labute approximate surface area is 123 Å². The quantitative estimate of drug-likeness (QED) is 0.717. The highest BCUT2D eigenvalue weighted by Crippen LogP contribution is 2.12. The van der Waals surface area contributed by atoms with Crippen LogP contribution in [0.1, 0.15) is 41.0 Å². The van der Waals surface area contributed by atoms with Crippen LogP contribution in [0.3, 0.4) is 0 Å². The highest BCUT2D eigenvalue weighted by atomic mass is 16.5. The van der Waals surface area contributed by atoms with Crippen LogP contribution in [0.15, 0.2) is 0 Å². The molecule has 0 aromatic carbocycles. The molecule has 1 N–H and O–H groups in total. The molecule has 0 radical (unpaired) electrons. The van der Waals surface area contributed by atoms with Crippen LogP contribution in [0.25, 0.3) is 0 Å². The normalized spacial score (nSPS) is 25.7. The van der Waals surface area contributed by atoms with Crippen molar-refractivity contribution in [2.45, 2.75) is 65.3 Å². The summed E-state index contributed by atoms with van der Waals surface area (Å²) in [7, 11) is 0. The summed E-state index contributed by atoms with van der Waals surface area (Å²) in [4.78, 5) is 14.3. The molecular formula is C15H30N2O3. The summed E-state index contributed by atoms with van der Waals surface area (Å²) in [6, 6.07) is 0.0512. The molecule has 0 spiro atoms. The Kier molecular flexibility index (Phi) is 7.48. The highest BCUT2D eigenvalue weighted by Gasteiger charge is 2.25. The predicted octanol–water partition coefficient (Wildman–Crippen LogP) is 1.42. The van der Waals surface area contributed by atoms with Crippen molar-refractivity contribution in [3.8, 4) is 0 Å². The second-order valence-electron chi connectivity index (χ2n) is 5.93. The van der Waals surface area contributed by atoms with Gasteiger partial charge in [0.05, 0.1) is 18.8 Å². The van der Waals surface area contributed by atoms with Gasteiger partial charge in [0.25, 0.3) is 0 Å². The van der Waals surface area contributed by atoms with Crippen LogP contribution in [0.5, 0.6) is 0 Å². The van der Waals surface area contributed by atoms with E-state index >= 15 is 0 Å². The van der Waals surface area contributed by atoms with E-state index in [0.717, 1.165) is 26.1 Å². The maximum atomic E-state index is 12.0. The van der Waals surface area contributed by atoms with Gasteiger partial charge in [-0.15, -0.1) is 0 Å². The van der Waals surface area contributed by atoms with Gasteiger partial charge in [0.1, 0.15) is 6.04 Å². The fourth-order valence-corrected chi connectivity index (χ4v) is 2.69. The Hall–Kier alpha value is -0.650. The van der Waals surface area contributed by atoms with Gasteiger partial charge in [0.2, 0.25) is 0 Å². The van der Waals surface area contributed by atoms with Gasteiger partial charge in [-0.2, -0.15) is 0 Å². The number of carbonyl (C=O) groups excluding carboxylic acids is 1. The monoisotopic (exact) mass is 286 g/mol. The lowest BCUT2D eigenvalue weighted by molar-refractivity contribution is -0.146. The average Bonchev–Trinajstić information content (AvgIpc) is 2.33. The van der Waals surface area contributed by atoms with E-state index in [-0.39, 0.29) is 30.3 Å². The minimum Gasteiger partial charge on any atom is -0.465 e. The molecular weight excluding hydrogens is 256 g/mol. The van der Waals surface area contributed by atoms with Gasteiger partial charge in [0.15, 0.2) is 0 Å². The summed E-state index contributed by atoms with van der Waals surface area (Å²) < 4.78 is 10.9. The number of nitrogens with one attached hydrogen (secondary N) is 1. The summed E-state index contributed by atoms with van der Waals surface area (Å²) in [6.45, 7) is 13.3. The number of ether oxygens (including phenoxy) is 2. The Morgan fingerprint density at radius 2 is 1.95 bits per heavy atom. The molecule has 5 heteroatoms. The zero-order chi connectivity index (χ0) is 15.1. The van der Waals surface area contributed by atoms with Crippen molar-refractivity contribution in [2.24, 2.45) is 0 Å². The molecule has 0 aromatic heterocycles. The summed E-state index contributed by atoms with van der Waals surface area (Å²) in [5.74, 6) is -0.143. The van der Waals surface area contributed by atoms with Crippen molar-refractivity contribution in [3.05, 3.63) is 0 Å². The molecule has 0 saturated carbocycles. The molecule has 1 heterocycles. The van der Waals surface area contributed by atoms with Crippen LogP contribution in [0, 0.1) is 0 Å². The van der Waals surface area contributed by atoms with E-state index < -0.39 is 0 Å². The summed E-state index contributed by atoms with van der Waals surface area (Å²) in [6.07, 6.45) is 1.30. The highest BCUT2D eigenvalue weighted by molar-refractivity contribution is 5.75. The van der Waals surface area contributed by atoms with E-state index in [1.807, 2.05) is 20.8 Å². The molecule has 1 fully saturated rings. The van der Waals surface area contributed by atoms with E-state index in [1.165, 1.54) is 0 Å².